The molecule has 3 aromatic rings. The van der Waals surface area contributed by atoms with Gasteiger partial charge in [0.05, 0.1) is 30.7 Å². The number of aliphatic hydroxyl groups is 1. The van der Waals surface area contributed by atoms with Crippen molar-refractivity contribution in [1.29, 1.82) is 0 Å². The molecule has 0 bridgehead atoms. The van der Waals surface area contributed by atoms with Crippen LogP contribution in [0.25, 0.3) is 22.3 Å². The van der Waals surface area contributed by atoms with Crippen LogP contribution in [0.2, 0.25) is 0 Å². The summed E-state index contributed by atoms with van der Waals surface area (Å²) in [5.41, 5.74) is 6.00. The predicted molar refractivity (Wildman–Crippen MR) is 123 cm³/mol. The number of hydroxylamine groups is 1. The van der Waals surface area contributed by atoms with Gasteiger partial charge in [-0.2, -0.15) is 0 Å². The molecule has 0 radical (unpaired) electrons. The first-order valence-corrected chi connectivity index (χ1v) is 12.6. The summed E-state index contributed by atoms with van der Waals surface area (Å²) in [5.74, 6) is 0.820. The lowest BCUT2D eigenvalue weighted by Crippen LogP contribution is -2.33. The second-order valence-electron chi connectivity index (χ2n) is 8.35. The molecule has 33 heavy (non-hydrogen) atoms. The zero-order valence-electron chi connectivity index (χ0n) is 18.2. The van der Waals surface area contributed by atoms with Crippen molar-refractivity contribution in [1.82, 2.24) is 5.48 Å². The number of hydrogen-bond acceptors (Lipinski definition) is 7. The van der Waals surface area contributed by atoms with Gasteiger partial charge in [0.1, 0.15) is 17.2 Å². The Kier molecular flexibility index (Phi) is 5.38. The molecule has 0 amide bonds. The Morgan fingerprint density at radius 1 is 1.24 bits per heavy atom. The first kappa shape index (κ1) is 21.9. The maximum absolute atomic E-state index is 13.6. The maximum Gasteiger partial charge on any atom is 0.232 e. The molecular formula is C23H24FN3O5S. The third kappa shape index (κ3) is 4.09. The molecule has 10 heteroatoms. The lowest BCUT2D eigenvalue weighted by molar-refractivity contribution is 0.0504. The van der Waals surface area contributed by atoms with Gasteiger partial charge >= 0.3 is 0 Å². The Bertz CT molecular complexity index is 1350. The van der Waals surface area contributed by atoms with Crippen molar-refractivity contribution < 1.29 is 27.2 Å². The number of amidine groups is 1. The molecule has 2 aromatic carbocycles. The van der Waals surface area contributed by atoms with Gasteiger partial charge in [-0.3, -0.25) is 4.31 Å². The molecule has 1 fully saturated rings. The number of furan rings is 1. The van der Waals surface area contributed by atoms with Crippen molar-refractivity contribution >= 4 is 32.5 Å². The van der Waals surface area contributed by atoms with Crippen molar-refractivity contribution in [3.8, 4) is 11.3 Å². The van der Waals surface area contributed by atoms with Gasteiger partial charge in [0.2, 0.25) is 10.0 Å². The van der Waals surface area contributed by atoms with Crippen LogP contribution in [-0.2, 0) is 14.9 Å². The van der Waals surface area contributed by atoms with E-state index in [1.807, 2.05) is 6.07 Å². The van der Waals surface area contributed by atoms with Crippen LogP contribution in [0.5, 0.6) is 0 Å². The molecule has 1 aromatic heterocycles. The van der Waals surface area contributed by atoms with E-state index in [9.17, 15) is 17.9 Å². The fraction of sp³-hybridized carbons (Fsp3) is 0.348. The molecular weight excluding hydrogens is 449 g/mol. The number of rotatable bonds is 7. The second kappa shape index (κ2) is 8.12. The van der Waals surface area contributed by atoms with Crippen molar-refractivity contribution in [2.24, 2.45) is 4.99 Å². The van der Waals surface area contributed by atoms with E-state index < -0.39 is 16.3 Å². The van der Waals surface area contributed by atoms with E-state index in [0.29, 0.717) is 34.0 Å². The predicted octanol–water partition coefficient (Wildman–Crippen LogP) is 3.50. The van der Waals surface area contributed by atoms with E-state index in [2.05, 4.69) is 10.5 Å². The van der Waals surface area contributed by atoms with E-state index in [1.165, 1.54) is 16.4 Å². The number of sulfonamides is 1. The van der Waals surface area contributed by atoms with Crippen LogP contribution in [0, 0.1) is 5.82 Å². The van der Waals surface area contributed by atoms with Crippen molar-refractivity contribution in [3.05, 3.63) is 53.3 Å². The largest absolute Gasteiger partial charge is 0.455 e. The summed E-state index contributed by atoms with van der Waals surface area (Å²) in [6, 6.07) is 9.58. The molecule has 8 nitrogen and oxygen atoms in total. The van der Waals surface area contributed by atoms with Crippen LogP contribution in [0.3, 0.4) is 0 Å². The van der Waals surface area contributed by atoms with Crippen molar-refractivity contribution in [2.45, 2.75) is 31.9 Å². The molecule has 0 saturated heterocycles. The summed E-state index contributed by atoms with van der Waals surface area (Å²) in [5, 5.41) is 10.3. The fourth-order valence-electron chi connectivity index (χ4n) is 4.17. The zero-order chi connectivity index (χ0) is 23.3. The number of nitrogens with one attached hydrogen (secondary N) is 1. The van der Waals surface area contributed by atoms with Gasteiger partial charge in [0, 0.05) is 17.0 Å². The average molecular weight is 474 g/mol. The molecule has 2 N–H and O–H groups in total. The molecule has 0 spiro atoms. The van der Waals surface area contributed by atoms with Crippen LogP contribution in [-0.4, -0.2) is 45.0 Å². The molecule has 2 heterocycles. The second-order valence-corrected chi connectivity index (χ2v) is 10.3. The number of benzene rings is 2. The first-order valence-electron chi connectivity index (χ1n) is 10.7. The Morgan fingerprint density at radius 3 is 2.55 bits per heavy atom. The molecule has 1 aliphatic carbocycles. The van der Waals surface area contributed by atoms with Gasteiger partial charge in [0.15, 0.2) is 12.1 Å². The Morgan fingerprint density at radius 2 is 1.97 bits per heavy atom. The molecule has 1 saturated carbocycles. The first-order chi connectivity index (χ1) is 15.8. The van der Waals surface area contributed by atoms with E-state index in [0.717, 1.165) is 30.0 Å². The minimum atomic E-state index is -3.63. The van der Waals surface area contributed by atoms with Gasteiger partial charge in [-0.1, -0.05) is 0 Å². The van der Waals surface area contributed by atoms with E-state index in [4.69, 9.17) is 9.25 Å². The molecule has 1 atom stereocenters. The van der Waals surface area contributed by atoms with Gasteiger partial charge < -0.3 is 9.52 Å². The molecule has 1 unspecified atom stereocenters. The highest BCUT2D eigenvalue weighted by Crippen LogP contribution is 2.48. The minimum absolute atomic E-state index is 0.0535. The van der Waals surface area contributed by atoms with Crippen LogP contribution >= 0.6 is 0 Å². The topological polar surface area (TPSA) is 104 Å². The quantitative estimate of drug-likeness (QED) is 0.544. The summed E-state index contributed by atoms with van der Waals surface area (Å²) in [7, 11) is -3.63. The van der Waals surface area contributed by atoms with Gasteiger partial charge in [-0.05, 0) is 61.6 Å². The van der Waals surface area contributed by atoms with Crippen LogP contribution in [0.1, 0.15) is 36.8 Å². The molecule has 1 aliphatic heterocycles. The number of halogens is 1. The lowest BCUT2D eigenvalue weighted by atomic mass is 10.00. The van der Waals surface area contributed by atoms with Crippen molar-refractivity contribution in [2.75, 3.05) is 23.7 Å². The summed E-state index contributed by atoms with van der Waals surface area (Å²) in [4.78, 5) is 9.92. The number of hydrogen-bond donors (Lipinski definition) is 2. The Labute approximate surface area is 190 Å². The number of aliphatic imine (C=N–C) groups is 1. The van der Waals surface area contributed by atoms with E-state index in [-0.39, 0.29) is 24.9 Å². The van der Waals surface area contributed by atoms with E-state index >= 15 is 0 Å². The van der Waals surface area contributed by atoms with Gasteiger partial charge in [-0.25, -0.2) is 28.1 Å². The maximum atomic E-state index is 13.6. The highest BCUT2D eigenvalue weighted by atomic mass is 32.2. The summed E-state index contributed by atoms with van der Waals surface area (Å²) >= 11 is 0. The highest BCUT2D eigenvalue weighted by molar-refractivity contribution is 7.92. The number of nitrogens with zero attached hydrogens (tertiary/aromatic N) is 2. The monoisotopic (exact) mass is 473 g/mol. The zero-order valence-corrected chi connectivity index (χ0v) is 19.0. The smallest absolute Gasteiger partial charge is 0.232 e. The summed E-state index contributed by atoms with van der Waals surface area (Å²) in [6.07, 6.45) is 2.63. The number of fused-ring (bicyclic) bond motifs is 1. The van der Waals surface area contributed by atoms with Crippen LogP contribution in [0.4, 0.5) is 10.1 Å². The third-order valence-electron chi connectivity index (χ3n) is 5.81. The summed E-state index contributed by atoms with van der Waals surface area (Å²) in [6.45, 7) is 1.43. The van der Waals surface area contributed by atoms with Gasteiger partial charge in [0.25, 0.3) is 0 Å². The molecule has 2 aliphatic rings. The minimum Gasteiger partial charge on any atom is -0.455 e. The SMILES string of the molecule is CC1N=C(c2c(-c3ccc(F)cc3)oc3cc(N(CCO)S(C)(=O)=O)c(C4CC4)cc23)NO1. The lowest BCUT2D eigenvalue weighted by Gasteiger charge is -2.24. The van der Waals surface area contributed by atoms with Crippen LogP contribution in [0.15, 0.2) is 45.8 Å². The Hall–Kier alpha value is -2.95. The average Bonchev–Trinajstić information content (AvgIpc) is 3.42. The van der Waals surface area contributed by atoms with Gasteiger partial charge in [-0.15, -0.1) is 0 Å². The number of anilines is 1. The molecule has 5 rings (SSSR count). The van der Waals surface area contributed by atoms with Crippen molar-refractivity contribution in [3.63, 3.8) is 0 Å². The number of aliphatic hydroxyl groups excluding tert-OH is 1. The normalized spacial score (nSPS) is 18.4. The van der Waals surface area contributed by atoms with Crippen LogP contribution < -0.4 is 9.79 Å². The Balaban J connectivity index is 1.78. The highest BCUT2D eigenvalue weighted by Gasteiger charge is 2.33. The molecule has 174 valence electrons. The standard InChI is InChI=1S/C23H24FN3O5S/c1-13-25-23(26-32-13)21-18-11-17(14-3-4-14)19(27(9-10-28)33(2,29)30)12-20(18)31-22(21)15-5-7-16(24)8-6-15/h5-8,11-14,28H,3-4,9-10H2,1-2H3,(H,25,26). The fourth-order valence-corrected chi connectivity index (χ4v) is 5.10. The van der Waals surface area contributed by atoms with E-state index in [1.54, 1.807) is 25.1 Å². The summed E-state index contributed by atoms with van der Waals surface area (Å²) < 4.78 is 46.1. The third-order valence-corrected chi connectivity index (χ3v) is 6.99.